The molecule has 0 spiro atoms. The number of fused-ring (bicyclic) bond motifs is 3. The molecule has 1 N–H and O–H groups in total. The zero-order valence-electron chi connectivity index (χ0n) is 12.1. The molecular weight excluding hydrogens is 325 g/mol. The minimum absolute atomic E-state index is 0.282. The third-order valence-corrected chi connectivity index (χ3v) is 4.78. The first-order chi connectivity index (χ1) is 10.4. The quantitative estimate of drug-likeness (QED) is 0.657. The second-order valence-corrected chi connectivity index (χ2v) is 8.06. The van der Waals surface area contributed by atoms with Crippen molar-refractivity contribution in [1.82, 2.24) is 5.09 Å². The summed E-state index contributed by atoms with van der Waals surface area (Å²) in [5.74, 6) is -0.170. The number of carbonyl (C=O) groups is 1. The number of ether oxygens (including phenoxy) is 1. The lowest BCUT2D eigenvalue weighted by atomic mass is 10.0. The van der Waals surface area contributed by atoms with E-state index in [1.165, 1.54) is 0 Å². The minimum Gasteiger partial charge on any atom is -0.462 e. The average Bonchev–Trinajstić information content (AvgIpc) is 2.44. The fourth-order valence-corrected chi connectivity index (χ4v) is 3.98. The molecule has 1 aliphatic heterocycles. The molecule has 0 saturated heterocycles. The summed E-state index contributed by atoms with van der Waals surface area (Å²) in [6.45, 7) is -0.158. The third-order valence-electron chi connectivity index (χ3n) is 3.30. The van der Waals surface area contributed by atoms with Crippen LogP contribution in [0.4, 0.5) is 0 Å². The van der Waals surface area contributed by atoms with Gasteiger partial charge in [0, 0.05) is 22.2 Å². The van der Waals surface area contributed by atoms with Gasteiger partial charge < -0.3 is 9.26 Å². The second kappa shape index (κ2) is 5.58. The predicted molar refractivity (Wildman–Crippen MR) is 85.1 cm³/mol. The Bertz CT molecular complexity index is 792. The summed E-state index contributed by atoms with van der Waals surface area (Å²) in [7, 11) is 0. The van der Waals surface area contributed by atoms with Crippen LogP contribution in [0, 0.1) is 0 Å². The maximum atomic E-state index is 12.3. The van der Waals surface area contributed by atoms with Gasteiger partial charge in [0.15, 0.2) is 0 Å². The van der Waals surface area contributed by atoms with E-state index in [9.17, 15) is 9.36 Å². The van der Waals surface area contributed by atoms with Crippen LogP contribution in [0.3, 0.4) is 0 Å². The lowest BCUT2D eigenvalue weighted by Crippen LogP contribution is -2.33. The van der Waals surface area contributed by atoms with Gasteiger partial charge in [0.1, 0.15) is 11.8 Å². The summed E-state index contributed by atoms with van der Waals surface area (Å²) in [6.07, 6.45) is -0.282. The summed E-state index contributed by atoms with van der Waals surface area (Å²) < 4.78 is 22.9. The molecule has 2 aromatic carbocycles. The summed E-state index contributed by atoms with van der Waals surface area (Å²) in [5, 5.41) is 4.21. The van der Waals surface area contributed by atoms with Gasteiger partial charge in [-0.3, -0.25) is 0 Å². The molecule has 0 fully saturated rings. The van der Waals surface area contributed by atoms with Crippen LogP contribution in [-0.4, -0.2) is 12.1 Å². The smallest absolute Gasteiger partial charge is 0.410 e. The highest BCUT2D eigenvalue weighted by atomic mass is 35.7. The van der Waals surface area contributed by atoms with Crippen LogP contribution >= 0.6 is 18.1 Å². The zero-order valence-corrected chi connectivity index (χ0v) is 13.7. The molecule has 7 heteroatoms. The van der Waals surface area contributed by atoms with Crippen molar-refractivity contribution in [2.45, 2.75) is 26.0 Å². The number of benzene rings is 2. The molecule has 3 rings (SSSR count). The van der Waals surface area contributed by atoms with Gasteiger partial charge >= 0.3 is 12.8 Å². The first kappa shape index (κ1) is 15.3. The predicted octanol–water partition coefficient (Wildman–Crippen LogP) is 4.16. The maximum absolute atomic E-state index is 12.3. The van der Waals surface area contributed by atoms with E-state index in [1.54, 1.807) is 19.9 Å². The number of hydrogen-bond donors (Lipinski definition) is 1. The van der Waals surface area contributed by atoms with Crippen LogP contribution in [0.5, 0.6) is 5.75 Å². The SMILES string of the molecule is CC(C)OC(=O)C1NP(=O)(Cl)Oc2c1ccc1ccccc21. The average molecular weight is 340 g/mol. The summed E-state index contributed by atoms with van der Waals surface area (Å²) in [5.41, 5.74) is 0.566. The van der Waals surface area contributed by atoms with Crippen LogP contribution in [0.2, 0.25) is 0 Å². The molecule has 0 saturated carbocycles. The molecule has 22 heavy (non-hydrogen) atoms. The lowest BCUT2D eigenvalue weighted by molar-refractivity contribution is -0.149. The fraction of sp³-hybridized carbons (Fsp3) is 0.267. The Morgan fingerprint density at radius 1 is 1.32 bits per heavy atom. The van der Waals surface area contributed by atoms with Crippen molar-refractivity contribution in [2.24, 2.45) is 0 Å². The summed E-state index contributed by atoms with van der Waals surface area (Å²) in [4.78, 5) is 12.3. The summed E-state index contributed by atoms with van der Waals surface area (Å²) in [6, 6.07) is 10.2. The van der Waals surface area contributed by atoms with Gasteiger partial charge in [-0.25, -0.2) is 14.4 Å². The van der Waals surface area contributed by atoms with Gasteiger partial charge in [0.2, 0.25) is 0 Å². The van der Waals surface area contributed by atoms with Gasteiger partial charge in [-0.2, -0.15) is 0 Å². The van der Waals surface area contributed by atoms with Crippen LogP contribution < -0.4 is 9.61 Å². The maximum Gasteiger partial charge on any atom is 0.410 e. The molecule has 116 valence electrons. The van der Waals surface area contributed by atoms with Crippen LogP contribution in [0.15, 0.2) is 36.4 Å². The van der Waals surface area contributed by atoms with E-state index in [0.29, 0.717) is 11.3 Å². The molecular formula is C15H15ClNO4P. The first-order valence-electron chi connectivity index (χ1n) is 6.86. The van der Waals surface area contributed by atoms with Crippen molar-refractivity contribution in [3.05, 3.63) is 42.0 Å². The Labute approximate surface area is 132 Å². The monoisotopic (exact) mass is 339 g/mol. The van der Waals surface area contributed by atoms with E-state index in [-0.39, 0.29) is 6.10 Å². The number of rotatable bonds is 2. The molecule has 0 amide bonds. The third kappa shape index (κ3) is 2.84. The number of hydrogen-bond acceptors (Lipinski definition) is 4. The van der Waals surface area contributed by atoms with Crippen molar-refractivity contribution in [2.75, 3.05) is 0 Å². The van der Waals surface area contributed by atoms with E-state index in [0.717, 1.165) is 10.8 Å². The van der Waals surface area contributed by atoms with Crippen molar-refractivity contribution < 1.29 is 18.6 Å². The standard InChI is InChI=1S/C15H15ClNO4P/c1-9(2)20-15(18)13-12-8-7-10-5-3-4-6-11(10)14(12)21-22(16,19)17-13/h3-9,13H,1-2H3,(H,17,19). The van der Waals surface area contributed by atoms with Crippen molar-refractivity contribution in [3.63, 3.8) is 0 Å². The molecule has 2 aromatic rings. The van der Waals surface area contributed by atoms with Crippen LogP contribution in [0.25, 0.3) is 10.8 Å². The van der Waals surface area contributed by atoms with Gasteiger partial charge in [-0.1, -0.05) is 36.4 Å². The van der Waals surface area contributed by atoms with E-state index < -0.39 is 18.9 Å². The number of nitrogens with one attached hydrogen (secondary N) is 1. The van der Waals surface area contributed by atoms with Crippen molar-refractivity contribution >= 4 is 34.9 Å². The van der Waals surface area contributed by atoms with Gasteiger partial charge in [-0.05, 0) is 19.2 Å². The first-order valence-corrected chi connectivity index (χ1v) is 9.39. The van der Waals surface area contributed by atoms with Crippen LogP contribution in [-0.2, 0) is 14.1 Å². The molecule has 0 radical (unpaired) electrons. The molecule has 0 aliphatic carbocycles. The summed E-state index contributed by atoms with van der Waals surface area (Å²) >= 11 is 5.89. The Balaban J connectivity index is 2.15. The molecule has 0 bridgehead atoms. The molecule has 1 aliphatic rings. The molecule has 0 aromatic heterocycles. The minimum atomic E-state index is -3.66. The van der Waals surface area contributed by atoms with Crippen molar-refractivity contribution in [3.8, 4) is 5.75 Å². The molecule has 1 heterocycles. The van der Waals surface area contributed by atoms with Crippen molar-refractivity contribution in [1.29, 1.82) is 0 Å². The lowest BCUT2D eigenvalue weighted by Gasteiger charge is -2.29. The zero-order chi connectivity index (χ0) is 15.9. The van der Waals surface area contributed by atoms with Crippen LogP contribution in [0.1, 0.15) is 25.5 Å². The van der Waals surface area contributed by atoms with E-state index in [2.05, 4.69) is 5.09 Å². The largest absolute Gasteiger partial charge is 0.462 e. The Hall–Kier alpha value is -1.55. The van der Waals surface area contributed by atoms with Gasteiger partial charge in [0.05, 0.1) is 6.10 Å². The van der Waals surface area contributed by atoms with E-state index >= 15 is 0 Å². The molecule has 5 nitrogen and oxygen atoms in total. The van der Waals surface area contributed by atoms with E-state index in [1.807, 2.05) is 30.3 Å². The van der Waals surface area contributed by atoms with E-state index in [4.69, 9.17) is 20.5 Å². The fourth-order valence-electron chi connectivity index (χ4n) is 2.44. The Kier molecular flexibility index (Phi) is 3.89. The normalized spacial score (nSPS) is 23.9. The molecule has 2 unspecified atom stereocenters. The Morgan fingerprint density at radius 3 is 2.77 bits per heavy atom. The number of halogens is 1. The highest BCUT2D eigenvalue weighted by Gasteiger charge is 2.40. The Morgan fingerprint density at radius 2 is 2.05 bits per heavy atom. The number of carbonyl (C=O) groups excluding carboxylic acids is 1. The van der Waals surface area contributed by atoms with Gasteiger partial charge in [0.25, 0.3) is 0 Å². The highest BCUT2D eigenvalue weighted by molar-refractivity contribution is 7.84. The second-order valence-electron chi connectivity index (χ2n) is 5.32. The number of esters is 1. The highest BCUT2D eigenvalue weighted by Crippen LogP contribution is 2.57. The molecule has 2 atom stereocenters. The topological polar surface area (TPSA) is 64.6 Å². The van der Waals surface area contributed by atoms with Gasteiger partial charge in [-0.15, -0.1) is 0 Å².